The number of hydrogen-bond donors (Lipinski definition) is 1. The third kappa shape index (κ3) is 3.77. The van der Waals surface area contributed by atoms with E-state index in [1.54, 1.807) is 6.20 Å². The van der Waals surface area contributed by atoms with Gasteiger partial charge in [0.2, 0.25) is 5.91 Å². The molecule has 3 aromatic rings. The Morgan fingerprint density at radius 3 is 2.78 bits per heavy atom. The van der Waals surface area contributed by atoms with Crippen LogP contribution in [0.3, 0.4) is 0 Å². The molecular formula is C19H17BrN2O. The van der Waals surface area contributed by atoms with Gasteiger partial charge in [-0.3, -0.25) is 9.78 Å². The summed E-state index contributed by atoms with van der Waals surface area (Å²) in [6.45, 7) is 2.06. The molecular weight excluding hydrogens is 352 g/mol. The Morgan fingerprint density at radius 2 is 1.96 bits per heavy atom. The molecule has 0 aliphatic heterocycles. The molecule has 0 saturated heterocycles. The summed E-state index contributed by atoms with van der Waals surface area (Å²) < 4.78 is 1.03. The zero-order chi connectivity index (χ0) is 16.2. The predicted molar refractivity (Wildman–Crippen MR) is 97.5 cm³/mol. The standard InChI is InChI=1S/C19H17BrN2O/c1-13(15-6-2-8-16(20)12-15)11-18(23)22-17-9-3-5-14-7-4-10-21-19(14)17/h2-10,12-13H,11H2,1H3,(H,22,23). The Bertz CT molecular complexity index is 842. The topological polar surface area (TPSA) is 42.0 Å². The van der Waals surface area contributed by atoms with Crippen LogP contribution in [-0.4, -0.2) is 10.9 Å². The first-order valence-corrected chi connectivity index (χ1v) is 8.32. The summed E-state index contributed by atoms with van der Waals surface area (Å²) in [5.74, 6) is 0.145. The van der Waals surface area contributed by atoms with Crippen molar-refractivity contribution < 1.29 is 4.79 Å². The number of anilines is 1. The van der Waals surface area contributed by atoms with Crippen molar-refractivity contribution in [1.82, 2.24) is 4.98 Å². The minimum absolute atomic E-state index is 0.00405. The molecule has 1 N–H and O–H groups in total. The molecule has 0 radical (unpaired) electrons. The van der Waals surface area contributed by atoms with Gasteiger partial charge in [-0.15, -0.1) is 0 Å². The lowest BCUT2D eigenvalue weighted by molar-refractivity contribution is -0.116. The fourth-order valence-electron chi connectivity index (χ4n) is 2.62. The molecule has 1 atom stereocenters. The summed E-state index contributed by atoms with van der Waals surface area (Å²) in [6.07, 6.45) is 2.17. The second kappa shape index (κ2) is 6.92. The molecule has 3 nitrogen and oxygen atoms in total. The molecule has 0 aliphatic carbocycles. The zero-order valence-electron chi connectivity index (χ0n) is 12.8. The monoisotopic (exact) mass is 368 g/mol. The first-order chi connectivity index (χ1) is 11.1. The quantitative estimate of drug-likeness (QED) is 0.693. The van der Waals surface area contributed by atoms with Crippen LogP contribution >= 0.6 is 15.9 Å². The second-order valence-corrected chi connectivity index (χ2v) is 6.50. The molecule has 0 spiro atoms. The van der Waals surface area contributed by atoms with Gasteiger partial charge in [-0.25, -0.2) is 0 Å². The highest BCUT2D eigenvalue weighted by molar-refractivity contribution is 9.10. The van der Waals surface area contributed by atoms with Gasteiger partial charge < -0.3 is 5.32 Å². The molecule has 3 rings (SSSR count). The SMILES string of the molecule is CC(CC(=O)Nc1cccc2cccnc12)c1cccc(Br)c1. The van der Waals surface area contributed by atoms with Gasteiger partial charge in [0.25, 0.3) is 0 Å². The second-order valence-electron chi connectivity index (χ2n) is 5.59. The average Bonchev–Trinajstić information content (AvgIpc) is 2.55. The molecule has 2 aromatic carbocycles. The number of pyridine rings is 1. The van der Waals surface area contributed by atoms with E-state index in [9.17, 15) is 4.79 Å². The minimum atomic E-state index is -0.00405. The number of amides is 1. The van der Waals surface area contributed by atoms with Crippen LogP contribution in [0.2, 0.25) is 0 Å². The number of halogens is 1. The Kier molecular flexibility index (Phi) is 4.72. The molecule has 0 aliphatic rings. The van der Waals surface area contributed by atoms with Crippen LogP contribution in [0, 0.1) is 0 Å². The number of carbonyl (C=O) groups is 1. The molecule has 1 heterocycles. The highest BCUT2D eigenvalue weighted by Gasteiger charge is 2.13. The predicted octanol–water partition coefficient (Wildman–Crippen LogP) is 5.13. The van der Waals surface area contributed by atoms with Crippen molar-refractivity contribution in [3.8, 4) is 0 Å². The molecule has 1 amide bonds. The van der Waals surface area contributed by atoms with Crippen molar-refractivity contribution in [1.29, 1.82) is 0 Å². The van der Waals surface area contributed by atoms with Gasteiger partial charge in [-0.05, 0) is 35.7 Å². The fraction of sp³-hybridized carbons (Fsp3) is 0.158. The van der Waals surface area contributed by atoms with Crippen molar-refractivity contribution in [2.45, 2.75) is 19.3 Å². The highest BCUT2D eigenvalue weighted by atomic mass is 79.9. The minimum Gasteiger partial charge on any atom is -0.324 e. The third-order valence-electron chi connectivity index (χ3n) is 3.82. The van der Waals surface area contributed by atoms with Crippen molar-refractivity contribution in [2.75, 3.05) is 5.32 Å². The van der Waals surface area contributed by atoms with Gasteiger partial charge in [0.15, 0.2) is 0 Å². The van der Waals surface area contributed by atoms with Crippen molar-refractivity contribution in [2.24, 2.45) is 0 Å². The number of rotatable bonds is 4. The van der Waals surface area contributed by atoms with E-state index in [1.165, 1.54) is 0 Å². The first-order valence-electron chi connectivity index (χ1n) is 7.52. The van der Waals surface area contributed by atoms with Gasteiger partial charge in [-0.1, -0.05) is 53.2 Å². The molecule has 0 bridgehead atoms. The molecule has 1 aromatic heterocycles. The first kappa shape index (κ1) is 15.7. The van der Waals surface area contributed by atoms with E-state index >= 15 is 0 Å². The Hall–Kier alpha value is -2.20. The zero-order valence-corrected chi connectivity index (χ0v) is 14.4. The smallest absolute Gasteiger partial charge is 0.225 e. The van der Waals surface area contributed by atoms with Crippen LogP contribution in [0.25, 0.3) is 10.9 Å². The highest BCUT2D eigenvalue weighted by Crippen LogP contribution is 2.24. The van der Waals surface area contributed by atoms with E-state index in [4.69, 9.17) is 0 Å². The largest absolute Gasteiger partial charge is 0.324 e. The number of nitrogens with one attached hydrogen (secondary N) is 1. The summed E-state index contributed by atoms with van der Waals surface area (Å²) in [5.41, 5.74) is 2.72. The molecule has 116 valence electrons. The van der Waals surface area contributed by atoms with E-state index in [0.29, 0.717) is 6.42 Å². The van der Waals surface area contributed by atoms with Crippen molar-refractivity contribution >= 4 is 38.4 Å². The van der Waals surface area contributed by atoms with Crippen molar-refractivity contribution in [3.05, 3.63) is 70.8 Å². The lowest BCUT2D eigenvalue weighted by atomic mass is 9.97. The van der Waals surface area contributed by atoms with E-state index in [0.717, 1.165) is 26.6 Å². The van der Waals surface area contributed by atoms with Crippen LogP contribution < -0.4 is 5.32 Å². The molecule has 4 heteroatoms. The van der Waals surface area contributed by atoms with Crippen LogP contribution in [0.5, 0.6) is 0 Å². The van der Waals surface area contributed by atoms with Crippen LogP contribution in [0.1, 0.15) is 24.8 Å². The van der Waals surface area contributed by atoms with E-state index in [-0.39, 0.29) is 11.8 Å². The lowest BCUT2D eigenvalue weighted by Gasteiger charge is -2.13. The number of fused-ring (bicyclic) bond motifs is 1. The Morgan fingerprint density at radius 1 is 1.17 bits per heavy atom. The number of hydrogen-bond acceptors (Lipinski definition) is 2. The van der Waals surface area contributed by atoms with Gasteiger partial charge in [-0.2, -0.15) is 0 Å². The fourth-order valence-corrected chi connectivity index (χ4v) is 3.03. The normalized spacial score (nSPS) is 12.1. The summed E-state index contributed by atoms with van der Waals surface area (Å²) in [7, 11) is 0. The maximum atomic E-state index is 12.4. The number of benzene rings is 2. The number of nitrogens with zero attached hydrogens (tertiary/aromatic N) is 1. The van der Waals surface area contributed by atoms with Gasteiger partial charge in [0.1, 0.15) is 0 Å². The maximum Gasteiger partial charge on any atom is 0.225 e. The molecule has 23 heavy (non-hydrogen) atoms. The third-order valence-corrected chi connectivity index (χ3v) is 4.31. The molecule has 1 unspecified atom stereocenters. The number of aromatic nitrogens is 1. The van der Waals surface area contributed by atoms with Crippen LogP contribution in [0.15, 0.2) is 65.3 Å². The summed E-state index contributed by atoms with van der Waals surface area (Å²) in [5, 5.41) is 4.01. The molecule has 0 saturated carbocycles. The Labute approximate surface area is 143 Å². The van der Waals surface area contributed by atoms with E-state index in [1.807, 2.05) is 48.5 Å². The van der Waals surface area contributed by atoms with E-state index < -0.39 is 0 Å². The maximum absolute atomic E-state index is 12.4. The van der Waals surface area contributed by atoms with Gasteiger partial charge in [0.05, 0.1) is 11.2 Å². The number of carbonyl (C=O) groups excluding carboxylic acids is 1. The molecule has 0 fully saturated rings. The summed E-state index contributed by atoms with van der Waals surface area (Å²) in [6, 6.07) is 17.8. The van der Waals surface area contributed by atoms with Crippen LogP contribution in [0.4, 0.5) is 5.69 Å². The Balaban J connectivity index is 1.74. The summed E-state index contributed by atoms with van der Waals surface area (Å²) in [4.78, 5) is 16.7. The summed E-state index contributed by atoms with van der Waals surface area (Å²) >= 11 is 3.47. The van der Waals surface area contributed by atoms with Gasteiger partial charge in [0, 0.05) is 22.5 Å². The average molecular weight is 369 g/mol. The van der Waals surface area contributed by atoms with Crippen molar-refractivity contribution in [3.63, 3.8) is 0 Å². The lowest BCUT2D eigenvalue weighted by Crippen LogP contribution is -2.14. The van der Waals surface area contributed by atoms with E-state index in [2.05, 4.69) is 39.2 Å². The van der Waals surface area contributed by atoms with Gasteiger partial charge >= 0.3 is 0 Å². The van der Waals surface area contributed by atoms with Crippen LogP contribution in [-0.2, 0) is 4.79 Å². The number of para-hydroxylation sites is 1.